The standard InChI is InChI=1S/C13H14F3N5/c1-20-8-17-5-10(20)7-21-3-2-11-9(6-21)4-18-12(19-11)13(14,15)16/h4-5,8H,2-3,6-7H2,1H3. The SMILES string of the molecule is Cn1cncc1CN1CCc2nc(C(F)(F)F)ncc2C1. The lowest BCUT2D eigenvalue weighted by atomic mass is 10.1. The maximum Gasteiger partial charge on any atom is 0.451 e. The highest BCUT2D eigenvalue weighted by Crippen LogP contribution is 2.27. The van der Waals surface area contributed by atoms with Crippen molar-refractivity contribution in [3.8, 4) is 0 Å². The molecule has 2 aromatic heterocycles. The third kappa shape index (κ3) is 2.90. The first-order valence-corrected chi connectivity index (χ1v) is 6.53. The third-order valence-corrected chi connectivity index (χ3v) is 3.57. The van der Waals surface area contributed by atoms with Gasteiger partial charge in [0.15, 0.2) is 0 Å². The summed E-state index contributed by atoms with van der Waals surface area (Å²) in [5, 5.41) is 0. The van der Waals surface area contributed by atoms with Gasteiger partial charge in [0.25, 0.3) is 0 Å². The number of imidazole rings is 1. The number of halogens is 3. The summed E-state index contributed by atoms with van der Waals surface area (Å²) in [7, 11) is 1.92. The van der Waals surface area contributed by atoms with E-state index >= 15 is 0 Å². The molecule has 0 aromatic carbocycles. The van der Waals surface area contributed by atoms with Crippen LogP contribution >= 0.6 is 0 Å². The van der Waals surface area contributed by atoms with E-state index in [0.717, 1.165) is 11.3 Å². The molecule has 0 unspecified atom stereocenters. The van der Waals surface area contributed by atoms with E-state index in [-0.39, 0.29) is 0 Å². The fourth-order valence-electron chi connectivity index (χ4n) is 2.41. The number of rotatable bonds is 2. The van der Waals surface area contributed by atoms with Gasteiger partial charge in [-0.1, -0.05) is 0 Å². The number of hydrogen-bond acceptors (Lipinski definition) is 4. The van der Waals surface area contributed by atoms with E-state index in [1.807, 2.05) is 11.6 Å². The van der Waals surface area contributed by atoms with Gasteiger partial charge in [0, 0.05) is 51.1 Å². The van der Waals surface area contributed by atoms with E-state index in [9.17, 15) is 13.2 Å². The highest BCUT2D eigenvalue weighted by atomic mass is 19.4. The largest absolute Gasteiger partial charge is 0.451 e. The fourth-order valence-corrected chi connectivity index (χ4v) is 2.41. The van der Waals surface area contributed by atoms with Crippen LogP contribution in [0.1, 0.15) is 22.8 Å². The van der Waals surface area contributed by atoms with Crippen LogP contribution in [0, 0.1) is 0 Å². The zero-order valence-corrected chi connectivity index (χ0v) is 11.4. The first-order chi connectivity index (χ1) is 9.93. The fraction of sp³-hybridized carbons (Fsp3) is 0.462. The molecule has 0 spiro atoms. The van der Waals surface area contributed by atoms with Crippen molar-refractivity contribution in [2.45, 2.75) is 25.7 Å². The van der Waals surface area contributed by atoms with Crippen molar-refractivity contribution in [1.29, 1.82) is 0 Å². The van der Waals surface area contributed by atoms with Crippen molar-refractivity contribution in [3.63, 3.8) is 0 Å². The predicted octanol–water partition coefficient (Wildman–Crippen LogP) is 1.79. The summed E-state index contributed by atoms with van der Waals surface area (Å²) in [5.74, 6) is -1.05. The number of hydrogen-bond donors (Lipinski definition) is 0. The van der Waals surface area contributed by atoms with Crippen molar-refractivity contribution in [2.75, 3.05) is 6.54 Å². The highest BCUT2D eigenvalue weighted by molar-refractivity contribution is 5.21. The van der Waals surface area contributed by atoms with Crippen molar-refractivity contribution < 1.29 is 13.2 Å². The Bertz CT molecular complexity index is 649. The third-order valence-electron chi connectivity index (χ3n) is 3.57. The van der Waals surface area contributed by atoms with Crippen molar-refractivity contribution in [3.05, 3.63) is 41.5 Å². The van der Waals surface area contributed by atoms with Gasteiger partial charge in [0.2, 0.25) is 5.82 Å². The minimum Gasteiger partial charge on any atom is -0.337 e. The molecule has 0 N–H and O–H groups in total. The van der Waals surface area contributed by atoms with Crippen LogP contribution in [-0.4, -0.2) is 31.0 Å². The molecule has 0 amide bonds. The molecule has 0 fully saturated rings. The molecule has 0 saturated heterocycles. The van der Waals surface area contributed by atoms with Crippen LogP contribution < -0.4 is 0 Å². The Morgan fingerprint density at radius 1 is 1.29 bits per heavy atom. The quantitative estimate of drug-likeness (QED) is 0.848. The molecule has 112 valence electrons. The smallest absolute Gasteiger partial charge is 0.337 e. The lowest BCUT2D eigenvalue weighted by Gasteiger charge is -2.28. The van der Waals surface area contributed by atoms with Crippen LogP contribution in [0.25, 0.3) is 0 Å². The molecule has 1 aliphatic heterocycles. The van der Waals surface area contributed by atoms with Crippen molar-refractivity contribution in [1.82, 2.24) is 24.4 Å². The average Bonchev–Trinajstić information content (AvgIpc) is 2.82. The summed E-state index contributed by atoms with van der Waals surface area (Å²) in [4.78, 5) is 13.3. The Balaban J connectivity index is 1.76. The van der Waals surface area contributed by atoms with Gasteiger partial charge in [-0.3, -0.25) is 4.90 Å². The Kier molecular flexibility index (Phi) is 3.40. The molecule has 8 heteroatoms. The second-order valence-electron chi connectivity index (χ2n) is 5.12. The second-order valence-corrected chi connectivity index (χ2v) is 5.12. The minimum atomic E-state index is -4.49. The molecule has 2 aromatic rings. The molecule has 0 bridgehead atoms. The van der Waals surface area contributed by atoms with Gasteiger partial charge in [-0.15, -0.1) is 0 Å². The number of nitrogens with zero attached hydrogens (tertiary/aromatic N) is 5. The Hall–Kier alpha value is -1.96. The van der Waals surface area contributed by atoms with Crippen molar-refractivity contribution >= 4 is 0 Å². The minimum absolute atomic E-state index is 0.499. The summed E-state index contributed by atoms with van der Waals surface area (Å²) in [5.41, 5.74) is 2.32. The van der Waals surface area contributed by atoms with Crippen LogP contribution in [0.2, 0.25) is 0 Å². The Morgan fingerprint density at radius 3 is 2.76 bits per heavy atom. The Labute approximate surface area is 119 Å². The monoisotopic (exact) mass is 297 g/mol. The molecular formula is C13H14F3N5. The maximum absolute atomic E-state index is 12.6. The van der Waals surface area contributed by atoms with Gasteiger partial charge < -0.3 is 4.57 Å². The van der Waals surface area contributed by atoms with Gasteiger partial charge >= 0.3 is 6.18 Å². The van der Waals surface area contributed by atoms with E-state index < -0.39 is 12.0 Å². The van der Waals surface area contributed by atoms with E-state index in [1.165, 1.54) is 6.20 Å². The van der Waals surface area contributed by atoms with Crippen LogP contribution in [0.4, 0.5) is 13.2 Å². The predicted molar refractivity (Wildman–Crippen MR) is 68.1 cm³/mol. The van der Waals surface area contributed by atoms with E-state index in [2.05, 4.69) is 19.9 Å². The molecule has 3 rings (SSSR count). The van der Waals surface area contributed by atoms with Crippen LogP contribution in [0.15, 0.2) is 18.7 Å². The van der Waals surface area contributed by atoms with Gasteiger partial charge in [-0.2, -0.15) is 13.2 Å². The number of fused-ring (bicyclic) bond motifs is 1. The van der Waals surface area contributed by atoms with E-state index in [4.69, 9.17) is 0 Å². The van der Waals surface area contributed by atoms with Crippen LogP contribution in [0.3, 0.4) is 0 Å². The summed E-state index contributed by atoms with van der Waals surface area (Å²) in [6, 6.07) is 0. The van der Waals surface area contributed by atoms with Crippen molar-refractivity contribution in [2.24, 2.45) is 7.05 Å². The molecule has 1 aliphatic rings. The molecule has 5 nitrogen and oxygen atoms in total. The molecule has 0 atom stereocenters. The lowest BCUT2D eigenvalue weighted by Crippen LogP contribution is -2.32. The lowest BCUT2D eigenvalue weighted by molar-refractivity contribution is -0.145. The van der Waals surface area contributed by atoms with Gasteiger partial charge in [-0.05, 0) is 0 Å². The first kappa shape index (κ1) is 14.0. The summed E-state index contributed by atoms with van der Waals surface area (Å²) in [6.07, 6.45) is 0.824. The van der Waals surface area contributed by atoms with Gasteiger partial charge in [0.1, 0.15) is 0 Å². The second kappa shape index (κ2) is 5.10. The molecule has 0 aliphatic carbocycles. The normalized spacial score (nSPS) is 16.0. The molecular weight excluding hydrogens is 283 g/mol. The average molecular weight is 297 g/mol. The zero-order chi connectivity index (χ0) is 15.0. The highest BCUT2D eigenvalue weighted by Gasteiger charge is 2.35. The molecule has 21 heavy (non-hydrogen) atoms. The summed E-state index contributed by atoms with van der Waals surface area (Å²) in [6.45, 7) is 1.93. The van der Waals surface area contributed by atoms with E-state index in [0.29, 0.717) is 31.7 Å². The van der Waals surface area contributed by atoms with Crippen LogP contribution in [0.5, 0.6) is 0 Å². The van der Waals surface area contributed by atoms with Gasteiger partial charge in [-0.25, -0.2) is 15.0 Å². The Morgan fingerprint density at radius 2 is 2.10 bits per heavy atom. The first-order valence-electron chi connectivity index (χ1n) is 6.53. The number of alkyl halides is 3. The number of aryl methyl sites for hydroxylation is 1. The topological polar surface area (TPSA) is 46.8 Å². The van der Waals surface area contributed by atoms with E-state index in [1.54, 1.807) is 12.5 Å². The zero-order valence-electron chi connectivity index (χ0n) is 11.4. The molecule has 0 saturated carbocycles. The summed E-state index contributed by atoms with van der Waals surface area (Å²) < 4.78 is 39.7. The number of aromatic nitrogens is 4. The van der Waals surface area contributed by atoms with Gasteiger partial charge in [0.05, 0.1) is 17.7 Å². The summed E-state index contributed by atoms with van der Waals surface area (Å²) >= 11 is 0. The van der Waals surface area contributed by atoms with Crippen LogP contribution in [-0.2, 0) is 32.7 Å². The molecule has 3 heterocycles. The maximum atomic E-state index is 12.6. The molecule has 0 radical (unpaired) electrons.